The molecule has 0 N–H and O–H groups in total. The van der Waals surface area contributed by atoms with Crippen LogP contribution in [0.4, 0.5) is 0 Å². The molecule has 1 atom stereocenters. The van der Waals surface area contributed by atoms with Crippen LogP contribution in [0.15, 0.2) is 47.3 Å². The van der Waals surface area contributed by atoms with Crippen molar-refractivity contribution in [1.82, 2.24) is 4.57 Å². The minimum Gasteiger partial charge on any atom is -0.467 e. The van der Waals surface area contributed by atoms with Crippen LogP contribution in [-0.2, 0) is 0 Å². The molecule has 2 heterocycles. The van der Waals surface area contributed by atoms with Crippen molar-refractivity contribution in [3.8, 4) is 0 Å². The fourth-order valence-corrected chi connectivity index (χ4v) is 1.28. The zero-order chi connectivity index (χ0) is 8.39. The number of hydrogen-bond donors (Lipinski definition) is 0. The highest BCUT2D eigenvalue weighted by Crippen LogP contribution is 2.17. The third-order valence-electron chi connectivity index (χ3n) is 2.03. The van der Waals surface area contributed by atoms with Crippen molar-refractivity contribution in [1.29, 1.82) is 0 Å². The molecule has 0 aromatic carbocycles. The van der Waals surface area contributed by atoms with Gasteiger partial charge in [0.25, 0.3) is 0 Å². The van der Waals surface area contributed by atoms with Gasteiger partial charge in [-0.15, -0.1) is 0 Å². The Balaban J connectivity index is 2.27. The van der Waals surface area contributed by atoms with Crippen molar-refractivity contribution >= 4 is 0 Å². The summed E-state index contributed by atoms with van der Waals surface area (Å²) in [6, 6.07) is 8.22. The molecule has 0 saturated carbocycles. The third kappa shape index (κ3) is 1.16. The molecular formula is C10H11NO. The second-order valence-electron chi connectivity index (χ2n) is 2.82. The fourth-order valence-electron chi connectivity index (χ4n) is 1.28. The second-order valence-corrected chi connectivity index (χ2v) is 2.82. The number of nitrogens with zero attached hydrogens (tertiary/aromatic N) is 1. The first kappa shape index (κ1) is 7.22. The van der Waals surface area contributed by atoms with E-state index in [9.17, 15) is 0 Å². The first-order valence-electron chi connectivity index (χ1n) is 4.04. The van der Waals surface area contributed by atoms with Crippen LogP contribution in [0.2, 0.25) is 0 Å². The summed E-state index contributed by atoms with van der Waals surface area (Å²) in [4.78, 5) is 0. The van der Waals surface area contributed by atoms with Gasteiger partial charge in [-0.2, -0.15) is 0 Å². The molecule has 0 bridgehead atoms. The normalized spacial score (nSPS) is 13.1. The van der Waals surface area contributed by atoms with Crippen molar-refractivity contribution < 1.29 is 4.42 Å². The quantitative estimate of drug-likeness (QED) is 0.662. The molecule has 62 valence electrons. The van der Waals surface area contributed by atoms with E-state index in [0.29, 0.717) is 0 Å². The first-order valence-corrected chi connectivity index (χ1v) is 4.04. The van der Waals surface area contributed by atoms with Crippen molar-refractivity contribution in [2.45, 2.75) is 13.0 Å². The van der Waals surface area contributed by atoms with Crippen LogP contribution in [0.3, 0.4) is 0 Å². The molecule has 0 radical (unpaired) electrons. The molecule has 0 aliphatic rings. The van der Waals surface area contributed by atoms with Gasteiger partial charge in [-0.3, -0.25) is 0 Å². The molecule has 2 nitrogen and oxygen atoms in total. The summed E-state index contributed by atoms with van der Waals surface area (Å²) >= 11 is 0. The van der Waals surface area contributed by atoms with Crippen LogP contribution in [0.25, 0.3) is 0 Å². The van der Waals surface area contributed by atoms with Gasteiger partial charge >= 0.3 is 0 Å². The van der Waals surface area contributed by atoms with E-state index in [-0.39, 0.29) is 6.04 Å². The number of furan rings is 1. The molecule has 1 unspecified atom stereocenters. The van der Waals surface area contributed by atoms with E-state index in [2.05, 4.69) is 11.5 Å². The summed E-state index contributed by atoms with van der Waals surface area (Å²) in [5.74, 6) is 0.992. The van der Waals surface area contributed by atoms with Gasteiger partial charge in [0, 0.05) is 12.4 Å². The van der Waals surface area contributed by atoms with E-state index in [0.717, 1.165) is 5.76 Å². The molecular weight excluding hydrogens is 150 g/mol. The van der Waals surface area contributed by atoms with E-state index in [4.69, 9.17) is 4.42 Å². The SMILES string of the molecule is CC(c1ccco1)n1cccc1. The fraction of sp³-hybridized carbons (Fsp3) is 0.200. The van der Waals surface area contributed by atoms with E-state index >= 15 is 0 Å². The highest BCUT2D eigenvalue weighted by Gasteiger charge is 2.07. The molecule has 0 amide bonds. The summed E-state index contributed by atoms with van der Waals surface area (Å²) in [5, 5.41) is 0. The van der Waals surface area contributed by atoms with Crippen LogP contribution < -0.4 is 0 Å². The van der Waals surface area contributed by atoms with Gasteiger partial charge in [0.2, 0.25) is 0 Å². The van der Waals surface area contributed by atoms with E-state index in [1.807, 2.05) is 36.7 Å². The average Bonchev–Trinajstić information content (AvgIpc) is 2.77. The Bertz CT molecular complexity index is 286. The zero-order valence-corrected chi connectivity index (χ0v) is 6.97. The van der Waals surface area contributed by atoms with Gasteiger partial charge in [0.1, 0.15) is 5.76 Å². The van der Waals surface area contributed by atoms with Crippen LogP contribution >= 0.6 is 0 Å². The van der Waals surface area contributed by atoms with E-state index in [1.165, 1.54) is 0 Å². The predicted octanol–water partition coefficient (Wildman–Crippen LogP) is 2.69. The summed E-state index contributed by atoms with van der Waals surface area (Å²) in [7, 11) is 0. The summed E-state index contributed by atoms with van der Waals surface area (Å²) in [6.07, 6.45) is 5.77. The Kier molecular flexibility index (Phi) is 1.74. The van der Waals surface area contributed by atoms with Crippen molar-refractivity contribution in [2.75, 3.05) is 0 Å². The maximum Gasteiger partial charge on any atom is 0.126 e. The van der Waals surface area contributed by atoms with Gasteiger partial charge in [0.15, 0.2) is 0 Å². The summed E-state index contributed by atoms with van der Waals surface area (Å²) < 4.78 is 7.41. The molecule has 2 aromatic rings. The van der Waals surface area contributed by atoms with Gasteiger partial charge in [-0.05, 0) is 31.2 Å². The summed E-state index contributed by atoms with van der Waals surface area (Å²) in [6.45, 7) is 2.11. The van der Waals surface area contributed by atoms with Gasteiger partial charge < -0.3 is 8.98 Å². The van der Waals surface area contributed by atoms with E-state index < -0.39 is 0 Å². The Morgan fingerprint density at radius 1 is 1.25 bits per heavy atom. The maximum absolute atomic E-state index is 5.30. The van der Waals surface area contributed by atoms with Gasteiger partial charge in [0.05, 0.1) is 12.3 Å². The number of hydrogen-bond acceptors (Lipinski definition) is 1. The summed E-state index contributed by atoms with van der Waals surface area (Å²) in [5.41, 5.74) is 0. The second kappa shape index (κ2) is 2.89. The van der Waals surface area contributed by atoms with E-state index in [1.54, 1.807) is 6.26 Å². The molecule has 2 heteroatoms. The lowest BCUT2D eigenvalue weighted by Gasteiger charge is -2.09. The largest absolute Gasteiger partial charge is 0.467 e. The number of aromatic nitrogens is 1. The predicted molar refractivity (Wildman–Crippen MR) is 47.0 cm³/mol. The highest BCUT2D eigenvalue weighted by molar-refractivity contribution is 5.06. The maximum atomic E-state index is 5.30. The van der Waals surface area contributed by atoms with Crippen LogP contribution in [0.5, 0.6) is 0 Å². The molecule has 12 heavy (non-hydrogen) atoms. The zero-order valence-electron chi connectivity index (χ0n) is 6.97. The average molecular weight is 161 g/mol. The highest BCUT2D eigenvalue weighted by atomic mass is 16.3. The molecule has 0 aliphatic carbocycles. The standard InChI is InChI=1S/C10H11NO/c1-9(10-5-4-8-12-10)11-6-2-3-7-11/h2-9H,1H3. The lowest BCUT2D eigenvalue weighted by atomic mass is 10.2. The topological polar surface area (TPSA) is 18.1 Å². The van der Waals surface area contributed by atoms with Crippen LogP contribution in [0.1, 0.15) is 18.7 Å². The molecule has 2 rings (SSSR count). The van der Waals surface area contributed by atoms with Crippen molar-refractivity contribution in [2.24, 2.45) is 0 Å². The monoisotopic (exact) mass is 161 g/mol. The Hall–Kier alpha value is -1.44. The smallest absolute Gasteiger partial charge is 0.126 e. The Morgan fingerprint density at radius 2 is 2.00 bits per heavy atom. The lowest BCUT2D eigenvalue weighted by Crippen LogP contribution is -2.01. The molecule has 0 saturated heterocycles. The molecule has 2 aromatic heterocycles. The van der Waals surface area contributed by atoms with Crippen molar-refractivity contribution in [3.05, 3.63) is 48.7 Å². The first-order chi connectivity index (χ1) is 5.88. The van der Waals surface area contributed by atoms with Crippen molar-refractivity contribution in [3.63, 3.8) is 0 Å². The minimum atomic E-state index is 0.287. The van der Waals surface area contributed by atoms with Crippen LogP contribution in [0, 0.1) is 0 Å². The Morgan fingerprint density at radius 3 is 2.58 bits per heavy atom. The van der Waals surface area contributed by atoms with Gasteiger partial charge in [-0.1, -0.05) is 0 Å². The van der Waals surface area contributed by atoms with Gasteiger partial charge in [-0.25, -0.2) is 0 Å². The lowest BCUT2D eigenvalue weighted by molar-refractivity contribution is 0.447. The molecule has 0 aliphatic heterocycles. The van der Waals surface area contributed by atoms with Crippen LogP contribution in [-0.4, -0.2) is 4.57 Å². The minimum absolute atomic E-state index is 0.287. The molecule has 0 fully saturated rings. The Labute approximate surface area is 71.4 Å². The third-order valence-corrected chi connectivity index (χ3v) is 2.03. The molecule has 0 spiro atoms. The number of rotatable bonds is 2.